The Morgan fingerprint density at radius 2 is 0.970 bits per heavy atom. The Balaban J connectivity index is 1.02. The molecule has 6 nitrogen and oxygen atoms in total. The first-order chi connectivity index (χ1) is 32.5. The Morgan fingerprint density at radius 3 is 1.71 bits per heavy atom. The zero-order chi connectivity index (χ0) is 44.4. The van der Waals surface area contributed by atoms with Crippen LogP contribution in [0.4, 0.5) is 0 Å². The van der Waals surface area contributed by atoms with E-state index in [2.05, 4.69) is 116 Å². The van der Waals surface area contributed by atoms with Crippen LogP contribution in [0, 0.1) is 0 Å². The van der Waals surface area contributed by atoms with Gasteiger partial charge in [0.25, 0.3) is 0 Å². The van der Waals surface area contributed by atoms with E-state index in [1.165, 1.54) is 0 Å². The summed E-state index contributed by atoms with van der Waals surface area (Å²) in [7, 11) is 0. The molecule has 0 radical (unpaired) electrons. The average Bonchev–Trinajstić information content (AvgIpc) is 3.77. The second kappa shape index (κ2) is 17.4. The molecule has 0 saturated heterocycles. The van der Waals surface area contributed by atoms with Crippen LogP contribution < -0.4 is 0 Å². The number of rotatable bonds is 9. The molecule has 6 heteroatoms. The summed E-state index contributed by atoms with van der Waals surface area (Å²) in [5, 5.41) is 4.29. The molecule has 0 spiro atoms. The molecule has 0 amide bonds. The van der Waals surface area contributed by atoms with Gasteiger partial charge in [0.1, 0.15) is 11.2 Å². The van der Waals surface area contributed by atoms with E-state index >= 15 is 0 Å². The zero-order valence-corrected chi connectivity index (χ0v) is 36.1. The summed E-state index contributed by atoms with van der Waals surface area (Å²) in [6.45, 7) is 6.60. The van der Waals surface area contributed by atoms with Crippen LogP contribution >= 0.6 is 0 Å². The van der Waals surface area contributed by atoms with Crippen molar-refractivity contribution in [3.63, 3.8) is 0 Å². The number of benzene rings is 9. The van der Waals surface area contributed by atoms with Crippen molar-refractivity contribution < 1.29 is 4.42 Å². The van der Waals surface area contributed by atoms with E-state index in [0.717, 1.165) is 94.1 Å². The lowest BCUT2D eigenvalue weighted by Crippen LogP contribution is -2.04. The molecular formula is C60H41N5O. The highest BCUT2D eigenvalue weighted by atomic mass is 16.3. The smallest absolute Gasteiger partial charge is 0.164 e. The van der Waals surface area contributed by atoms with Gasteiger partial charge in [-0.3, -0.25) is 0 Å². The molecule has 0 aliphatic carbocycles. The Hall–Kier alpha value is -8.87. The third kappa shape index (κ3) is 7.78. The minimum atomic E-state index is 0.575. The highest BCUT2D eigenvalue weighted by Gasteiger charge is 2.19. The molecule has 0 atom stereocenters. The highest BCUT2D eigenvalue weighted by Crippen LogP contribution is 2.40. The van der Waals surface area contributed by atoms with E-state index in [9.17, 15) is 0 Å². The van der Waals surface area contributed by atoms with Crippen molar-refractivity contribution in [1.29, 1.82) is 0 Å². The Bertz CT molecular complexity index is 3650. The molecule has 2 aromatic heterocycles. The van der Waals surface area contributed by atoms with Crippen LogP contribution in [0.1, 0.15) is 23.6 Å². The van der Waals surface area contributed by atoms with E-state index in [4.69, 9.17) is 29.4 Å². The number of nitrogens with zero attached hydrogens (tertiary/aromatic N) is 5. The van der Waals surface area contributed by atoms with Crippen LogP contribution in [0.3, 0.4) is 0 Å². The van der Waals surface area contributed by atoms with Crippen LogP contribution in [0.5, 0.6) is 0 Å². The first-order valence-electron chi connectivity index (χ1n) is 21.9. The second-order valence-electron chi connectivity index (χ2n) is 16.1. The minimum Gasteiger partial charge on any atom is -0.455 e. The third-order valence-corrected chi connectivity index (χ3v) is 11.9. The van der Waals surface area contributed by atoms with E-state index < -0.39 is 0 Å². The molecule has 0 N–H and O–H groups in total. The van der Waals surface area contributed by atoms with E-state index in [1.807, 2.05) is 116 Å². The van der Waals surface area contributed by atoms with Crippen LogP contribution in [0.25, 0.3) is 94.8 Å². The first-order valence-corrected chi connectivity index (χ1v) is 21.9. The SMILES string of the molecule is C=C(N=C(N=C(C)c1cccc2ccccc12)c1ccccc1)c1cc(-c2ccc(-c3nc(-c4ccccc4)nc(-c4ccccc4-c4ccccc4)n3)cc2)c2oc3ccccc3c2c1. The van der Waals surface area contributed by atoms with Gasteiger partial charge in [-0.15, -0.1) is 0 Å². The number of aliphatic imine (C=N–C) groups is 2. The summed E-state index contributed by atoms with van der Waals surface area (Å²) in [4.78, 5) is 25.6. The standard InChI is InChI=1S/C60H41N5O/c1-39(61-57(44-22-8-4-9-23-44)62-40(2)48-31-18-26-42-21-12-13-27-49(42)48)47-37-53(56-54(38-47)51-29-16-17-32-55(51)66-56)43-33-35-46(36-34-43)59-63-58(45-24-10-5-11-25-45)64-60(65-59)52-30-15-14-28-50(52)41-19-6-3-7-20-41/h3-38H,1H2,2H3. The fourth-order valence-corrected chi connectivity index (χ4v) is 8.59. The zero-order valence-electron chi connectivity index (χ0n) is 36.1. The lowest BCUT2D eigenvalue weighted by atomic mass is 9.97. The molecule has 0 aliphatic heterocycles. The fourth-order valence-electron chi connectivity index (χ4n) is 8.59. The summed E-state index contributed by atoms with van der Waals surface area (Å²) in [6.07, 6.45) is 0. The normalized spacial score (nSPS) is 12.0. The predicted octanol–water partition coefficient (Wildman–Crippen LogP) is 15.2. The van der Waals surface area contributed by atoms with Gasteiger partial charge in [-0.25, -0.2) is 24.9 Å². The van der Waals surface area contributed by atoms with E-state index in [1.54, 1.807) is 0 Å². The topological polar surface area (TPSA) is 76.5 Å². The number of para-hydroxylation sites is 1. The number of furan rings is 1. The lowest BCUT2D eigenvalue weighted by Gasteiger charge is -2.12. The number of hydrogen-bond acceptors (Lipinski definition) is 5. The maximum absolute atomic E-state index is 6.63. The summed E-state index contributed by atoms with van der Waals surface area (Å²) < 4.78 is 6.63. The molecular weight excluding hydrogens is 807 g/mol. The fraction of sp³-hybridized carbons (Fsp3) is 0.0167. The van der Waals surface area contributed by atoms with Gasteiger partial charge >= 0.3 is 0 Å². The van der Waals surface area contributed by atoms with Gasteiger partial charge in [-0.2, -0.15) is 0 Å². The molecule has 2 heterocycles. The van der Waals surface area contributed by atoms with Crippen molar-refractivity contribution in [2.45, 2.75) is 6.92 Å². The number of aromatic nitrogens is 3. The Kier molecular flexibility index (Phi) is 10.5. The molecule has 0 bridgehead atoms. The van der Waals surface area contributed by atoms with Crippen molar-refractivity contribution >= 4 is 50.0 Å². The highest BCUT2D eigenvalue weighted by molar-refractivity contribution is 6.17. The van der Waals surface area contributed by atoms with Crippen molar-refractivity contribution in [2.24, 2.45) is 9.98 Å². The van der Waals surface area contributed by atoms with Gasteiger partial charge in [0.15, 0.2) is 23.3 Å². The molecule has 0 saturated carbocycles. The molecule has 0 aliphatic rings. The minimum absolute atomic E-state index is 0.575. The van der Waals surface area contributed by atoms with Gasteiger partial charge < -0.3 is 4.42 Å². The Morgan fingerprint density at radius 1 is 0.424 bits per heavy atom. The molecule has 66 heavy (non-hydrogen) atoms. The summed E-state index contributed by atoms with van der Waals surface area (Å²) in [6, 6.07) is 74.1. The lowest BCUT2D eigenvalue weighted by molar-refractivity contribution is 0.670. The van der Waals surface area contributed by atoms with Crippen molar-refractivity contribution in [2.75, 3.05) is 0 Å². The van der Waals surface area contributed by atoms with Gasteiger partial charge in [0.2, 0.25) is 0 Å². The average molecular weight is 848 g/mol. The quantitative estimate of drug-likeness (QED) is 0.107. The molecule has 0 unspecified atom stereocenters. The monoisotopic (exact) mass is 847 g/mol. The second-order valence-corrected chi connectivity index (χ2v) is 16.1. The van der Waals surface area contributed by atoms with Crippen molar-refractivity contribution in [3.8, 4) is 56.4 Å². The van der Waals surface area contributed by atoms with Gasteiger partial charge in [0, 0.05) is 55.4 Å². The van der Waals surface area contributed by atoms with Crippen molar-refractivity contribution in [1.82, 2.24) is 15.0 Å². The van der Waals surface area contributed by atoms with Gasteiger partial charge in [0.05, 0.1) is 5.70 Å². The molecule has 9 aromatic carbocycles. The summed E-state index contributed by atoms with van der Waals surface area (Å²) in [5.74, 6) is 2.35. The van der Waals surface area contributed by atoms with Crippen LogP contribution in [0.15, 0.2) is 239 Å². The number of fused-ring (bicyclic) bond motifs is 4. The van der Waals surface area contributed by atoms with E-state index in [-0.39, 0.29) is 0 Å². The molecule has 312 valence electrons. The third-order valence-electron chi connectivity index (χ3n) is 11.9. The molecule has 11 aromatic rings. The largest absolute Gasteiger partial charge is 0.455 e. The van der Waals surface area contributed by atoms with Gasteiger partial charge in [-0.05, 0) is 52.6 Å². The van der Waals surface area contributed by atoms with Crippen molar-refractivity contribution in [3.05, 3.63) is 242 Å². The predicted molar refractivity (Wildman–Crippen MR) is 272 cm³/mol. The van der Waals surface area contributed by atoms with Crippen LogP contribution in [-0.2, 0) is 0 Å². The maximum Gasteiger partial charge on any atom is 0.164 e. The maximum atomic E-state index is 6.63. The van der Waals surface area contributed by atoms with Crippen LogP contribution in [0.2, 0.25) is 0 Å². The van der Waals surface area contributed by atoms with Gasteiger partial charge in [-0.1, -0.05) is 207 Å². The Labute approximate surface area is 382 Å². The number of hydrogen-bond donors (Lipinski definition) is 0. The molecule has 0 fully saturated rings. The summed E-state index contributed by atoms with van der Waals surface area (Å²) >= 11 is 0. The summed E-state index contributed by atoms with van der Waals surface area (Å²) in [5.41, 5.74) is 12.5. The number of amidine groups is 1. The molecule has 11 rings (SSSR count). The first kappa shape index (κ1) is 39.9. The van der Waals surface area contributed by atoms with Crippen LogP contribution in [-0.4, -0.2) is 26.5 Å². The van der Waals surface area contributed by atoms with E-state index in [0.29, 0.717) is 29.0 Å².